The Bertz CT molecular complexity index is 1050. The average Bonchev–Trinajstić information content (AvgIpc) is 2.74. The second-order valence-corrected chi connectivity index (χ2v) is 8.44. The Morgan fingerprint density at radius 1 is 1.00 bits per heavy atom. The van der Waals surface area contributed by atoms with Crippen molar-refractivity contribution in [3.63, 3.8) is 0 Å². The van der Waals surface area contributed by atoms with Crippen LogP contribution in [0.25, 0.3) is 0 Å². The number of carbonyl (C=O) groups is 2. The van der Waals surface area contributed by atoms with E-state index in [2.05, 4.69) is 0 Å². The van der Waals surface area contributed by atoms with Crippen molar-refractivity contribution in [2.75, 3.05) is 32.8 Å². The Labute approximate surface area is 171 Å². The minimum Gasteiger partial charge on any atom is -0.484 e. The molecule has 1 heterocycles. The molecule has 0 spiro atoms. The van der Waals surface area contributed by atoms with E-state index in [4.69, 9.17) is 10.5 Å². The molecule has 0 saturated carbocycles. The fraction of sp³-hybridized carbons (Fsp3) is 0.263. The fourth-order valence-corrected chi connectivity index (χ4v) is 4.44. The third-order valence-electron chi connectivity index (χ3n) is 4.60. The van der Waals surface area contributed by atoms with E-state index in [1.807, 2.05) is 0 Å². The molecule has 30 heavy (non-hydrogen) atoms. The van der Waals surface area contributed by atoms with Crippen LogP contribution in [-0.2, 0) is 14.8 Å². The maximum absolute atomic E-state index is 13.9. The Balaban J connectivity index is 1.56. The molecule has 0 radical (unpaired) electrons. The molecular formula is C19H19F2N3O5S. The molecule has 160 valence electrons. The topological polar surface area (TPSA) is 110 Å². The van der Waals surface area contributed by atoms with Gasteiger partial charge in [0.15, 0.2) is 6.61 Å². The molecule has 0 bridgehead atoms. The summed E-state index contributed by atoms with van der Waals surface area (Å²) < 4.78 is 58.8. The van der Waals surface area contributed by atoms with E-state index < -0.39 is 32.5 Å². The molecule has 2 amide bonds. The molecule has 0 aromatic heterocycles. The Hall–Kier alpha value is -3.05. The standard InChI is InChI=1S/C19H19F2N3O5S/c20-14-3-6-16(21)17(11-14)30(27,28)24-9-7-23(8-10-24)18(25)12-29-15-4-1-13(2-5-15)19(22)26/h1-6,11H,7-10,12H2,(H2,22,26). The number of primary amides is 1. The molecule has 2 N–H and O–H groups in total. The zero-order valence-corrected chi connectivity index (χ0v) is 16.6. The van der Waals surface area contributed by atoms with Crippen molar-refractivity contribution in [2.24, 2.45) is 5.73 Å². The number of halogens is 2. The minimum atomic E-state index is -4.22. The van der Waals surface area contributed by atoms with Gasteiger partial charge in [-0.25, -0.2) is 17.2 Å². The van der Waals surface area contributed by atoms with E-state index in [0.29, 0.717) is 17.4 Å². The van der Waals surface area contributed by atoms with Crippen molar-refractivity contribution in [1.29, 1.82) is 0 Å². The third kappa shape index (κ3) is 4.74. The first kappa shape index (κ1) is 21.7. The summed E-state index contributed by atoms with van der Waals surface area (Å²) in [5, 5.41) is 0. The van der Waals surface area contributed by atoms with E-state index in [1.165, 1.54) is 29.2 Å². The summed E-state index contributed by atoms with van der Waals surface area (Å²) in [4.78, 5) is 24.1. The molecule has 0 aliphatic carbocycles. The summed E-state index contributed by atoms with van der Waals surface area (Å²) >= 11 is 0. The first-order valence-electron chi connectivity index (χ1n) is 8.94. The van der Waals surface area contributed by atoms with Crippen LogP contribution in [-0.4, -0.2) is 62.2 Å². The number of nitrogens with two attached hydrogens (primary N) is 1. The first-order valence-corrected chi connectivity index (χ1v) is 10.4. The van der Waals surface area contributed by atoms with Gasteiger partial charge in [-0.15, -0.1) is 0 Å². The quantitative estimate of drug-likeness (QED) is 0.722. The second kappa shape index (κ2) is 8.76. The number of benzene rings is 2. The summed E-state index contributed by atoms with van der Waals surface area (Å²) in [5.74, 6) is -2.46. The smallest absolute Gasteiger partial charge is 0.260 e. The number of nitrogens with zero attached hydrogens (tertiary/aromatic N) is 2. The Morgan fingerprint density at radius 2 is 1.63 bits per heavy atom. The highest BCUT2D eigenvalue weighted by Gasteiger charge is 2.32. The number of rotatable bonds is 6. The van der Waals surface area contributed by atoms with Crippen LogP contribution in [0, 0.1) is 11.6 Å². The van der Waals surface area contributed by atoms with Crippen LogP contribution in [0.1, 0.15) is 10.4 Å². The molecule has 3 rings (SSSR count). The average molecular weight is 439 g/mol. The largest absolute Gasteiger partial charge is 0.484 e. The van der Waals surface area contributed by atoms with Gasteiger partial charge in [0.2, 0.25) is 15.9 Å². The first-order chi connectivity index (χ1) is 14.2. The molecule has 1 aliphatic rings. The lowest BCUT2D eigenvalue weighted by Crippen LogP contribution is -2.51. The van der Waals surface area contributed by atoms with Gasteiger partial charge in [-0.3, -0.25) is 9.59 Å². The van der Waals surface area contributed by atoms with Gasteiger partial charge in [-0.05, 0) is 42.5 Å². The van der Waals surface area contributed by atoms with Crippen molar-refractivity contribution in [1.82, 2.24) is 9.21 Å². The number of sulfonamides is 1. The molecule has 1 saturated heterocycles. The van der Waals surface area contributed by atoms with Gasteiger partial charge in [0, 0.05) is 31.7 Å². The van der Waals surface area contributed by atoms with Gasteiger partial charge in [0.05, 0.1) is 0 Å². The zero-order valence-electron chi connectivity index (χ0n) is 15.8. The highest BCUT2D eigenvalue weighted by molar-refractivity contribution is 7.89. The molecular weight excluding hydrogens is 420 g/mol. The van der Waals surface area contributed by atoms with Gasteiger partial charge in [0.1, 0.15) is 22.3 Å². The highest BCUT2D eigenvalue weighted by atomic mass is 32.2. The van der Waals surface area contributed by atoms with E-state index in [0.717, 1.165) is 16.4 Å². The van der Waals surface area contributed by atoms with Gasteiger partial charge in [-0.1, -0.05) is 0 Å². The lowest BCUT2D eigenvalue weighted by molar-refractivity contribution is -0.134. The zero-order chi connectivity index (χ0) is 21.9. The maximum atomic E-state index is 13.9. The van der Waals surface area contributed by atoms with Crippen LogP contribution in [0.5, 0.6) is 5.75 Å². The number of hydrogen-bond acceptors (Lipinski definition) is 5. The summed E-state index contributed by atoms with van der Waals surface area (Å²) in [6, 6.07) is 8.19. The van der Waals surface area contributed by atoms with Crippen molar-refractivity contribution >= 4 is 21.8 Å². The maximum Gasteiger partial charge on any atom is 0.260 e. The van der Waals surface area contributed by atoms with Crippen LogP contribution in [0.15, 0.2) is 47.4 Å². The van der Waals surface area contributed by atoms with Gasteiger partial charge in [-0.2, -0.15) is 4.31 Å². The fourth-order valence-electron chi connectivity index (χ4n) is 2.94. The van der Waals surface area contributed by atoms with Crippen molar-refractivity contribution in [2.45, 2.75) is 4.90 Å². The Morgan fingerprint density at radius 3 is 2.23 bits per heavy atom. The SMILES string of the molecule is NC(=O)c1ccc(OCC(=O)N2CCN(S(=O)(=O)c3cc(F)ccc3F)CC2)cc1. The van der Waals surface area contributed by atoms with E-state index >= 15 is 0 Å². The predicted molar refractivity (Wildman–Crippen MR) is 102 cm³/mol. The van der Waals surface area contributed by atoms with Crippen LogP contribution in [0.2, 0.25) is 0 Å². The lowest BCUT2D eigenvalue weighted by Gasteiger charge is -2.34. The molecule has 0 atom stereocenters. The molecule has 2 aromatic rings. The van der Waals surface area contributed by atoms with E-state index in [1.54, 1.807) is 0 Å². The number of carbonyl (C=O) groups excluding carboxylic acids is 2. The number of hydrogen-bond donors (Lipinski definition) is 1. The summed E-state index contributed by atoms with van der Waals surface area (Å²) in [7, 11) is -4.22. The van der Waals surface area contributed by atoms with Crippen LogP contribution in [0.3, 0.4) is 0 Å². The van der Waals surface area contributed by atoms with Crippen LogP contribution >= 0.6 is 0 Å². The van der Waals surface area contributed by atoms with Crippen molar-refractivity contribution in [3.8, 4) is 5.75 Å². The second-order valence-electron chi connectivity index (χ2n) is 6.54. The minimum absolute atomic E-state index is 0.0582. The van der Waals surface area contributed by atoms with E-state index in [-0.39, 0.29) is 38.7 Å². The molecule has 8 nitrogen and oxygen atoms in total. The molecule has 0 unspecified atom stereocenters. The summed E-state index contributed by atoms with van der Waals surface area (Å²) in [6.07, 6.45) is 0. The van der Waals surface area contributed by atoms with Crippen molar-refractivity contribution < 1.29 is 31.5 Å². The van der Waals surface area contributed by atoms with Gasteiger partial charge in [0.25, 0.3) is 5.91 Å². The normalized spacial score (nSPS) is 15.1. The lowest BCUT2D eigenvalue weighted by atomic mass is 10.2. The number of amides is 2. The molecule has 11 heteroatoms. The third-order valence-corrected chi connectivity index (χ3v) is 6.52. The number of piperazine rings is 1. The number of ether oxygens (including phenoxy) is 1. The molecule has 1 aliphatic heterocycles. The predicted octanol–water partition coefficient (Wildman–Crippen LogP) is 0.976. The van der Waals surface area contributed by atoms with Crippen LogP contribution in [0.4, 0.5) is 8.78 Å². The summed E-state index contributed by atoms with van der Waals surface area (Å²) in [5.41, 5.74) is 5.46. The van der Waals surface area contributed by atoms with Gasteiger partial charge >= 0.3 is 0 Å². The monoisotopic (exact) mass is 439 g/mol. The van der Waals surface area contributed by atoms with E-state index in [9.17, 15) is 26.8 Å². The molecule has 2 aromatic carbocycles. The van der Waals surface area contributed by atoms with Crippen LogP contribution < -0.4 is 10.5 Å². The molecule has 1 fully saturated rings. The summed E-state index contributed by atoms with van der Waals surface area (Å²) in [6.45, 7) is -0.228. The van der Waals surface area contributed by atoms with Crippen molar-refractivity contribution in [3.05, 3.63) is 59.7 Å². The van der Waals surface area contributed by atoms with Gasteiger partial charge < -0.3 is 15.4 Å². The Kier molecular flexibility index (Phi) is 6.32. The highest BCUT2D eigenvalue weighted by Crippen LogP contribution is 2.22.